The molecule has 1 unspecified atom stereocenters. The number of aromatic hydroxyl groups is 1. The van der Waals surface area contributed by atoms with Crippen LogP contribution in [0, 0.1) is 0 Å². The van der Waals surface area contributed by atoms with Crippen molar-refractivity contribution in [3.05, 3.63) is 65.9 Å². The molecular formula is C20H15N5O3. The first kappa shape index (κ1) is 16.2. The summed E-state index contributed by atoms with van der Waals surface area (Å²) in [5.74, 6) is -0.400. The topological polar surface area (TPSA) is 113 Å². The number of phenolic OH excluding ortho intramolecular Hbond substituents is 1. The standard InChI is InChI=1S/C20H15N5O3/c1-28-19(27)20(11-6-8-12(26)9-7-11)14-10-21-18-16(14)17(23-25-24-18)13-4-2-3-5-15(13)22-20/h2-10,22,26H,1H3,(H,21,23,24). The number of fused-ring (bicyclic) bond motifs is 2. The van der Waals surface area contributed by atoms with E-state index in [4.69, 9.17) is 4.74 Å². The number of ether oxygens (including phenoxy) is 1. The van der Waals surface area contributed by atoms with Crippen molar-refractivity contribution in [3.8, 4) is 17.0 Å². The molecule has 0 bridgehead atoms. The van der Waals surface area contributed by atoms with Gasteiger partial charge in [0, 0.05) is 23.0 Å². The molecule has 0 saturated heterocycles. The number of methoxy groups -OCH3 is 1. The molecule has 0 saturated carbocycles. The third-order valence-electron chi connectivity index (χ3n) is 5.09. The van der Waals surface area contributed by atoms with Gasteiger partial charge in [-0.3, -0.25) is 0 Å². The molecule has 0 fully saturated rings. The van der Waals surface area contributed by atoms with E-state index in [2.05, 4.69) is 25.7 Å². The lowest BCUT2D eigenvalue weighted by atomic mass is 9.82. The Bertz CT molecular complexity index is 1220. The van der Waals surface area contributed by atoms with Crippen molar-refractivity contribution >= 4 is 22.7 Å². The Morgan fingerprint density at radius 1 is 1.11 bits per heavy atom. The van der Waals surface area contributed by atoms with Gasteiger partial charge in [-0.2, -0.15) is 0 Å². The Balaban J connectivity index is 1.95. The fraction of sp³-hybridized carbons (Fsp3) is 0.100. The van der Waals surface area contributed by atoms with Gasteiger partial charge in [0.25, 0.3) is 0 Å². The number of rotatable bonds is 2. The number of nitrogens with zero attached hydrogens (tertiary/aromatic N) is 3. The zero-order chi connectivity index (χ0) is 19.3. The van der Waals surface area contributed by atoms with E-state index in [0.717, 1.165) is 5.56 Å². The van der Waals surface area contributed by atoms with Gasteiger partial charge < -0.3 is 20.1 Å². The number of nitrogens with one attached hydrogen (secondary N) is 2. The van der Waals surface area contributed by atoms with Crippen LogP contribution >= 0.6 is 0 Å². The van der Waals surface area contributed by atoms with Crippen LogP contribution in [-0.4, -0.2) is 38.6 Å². The van der Waals surface area contributed by atoms with Crippen molar-refractivity contribution in [3.63, 3.8) is 0 Å². The van der Waals surface area contributed by atoms with Gasteiger partial charge in [-0.25, -0.2) is 4.79 Å². The zero-order valence-electron chi connectivity index (χ0n) is 14.8. The highest BCUT2D eigenvalue weighted by Crippen LogP contribution is 2.46. The predicted octanol–water partition coefficient (Wildman–Crippen LogP) is 2.57. The number of carbonyl (C=O) groups is 1. The van der Waals surface area contributed by atoms with Gasteiger partial charge in [0.1, 0.15) is 11.4 Å². The number of aromatic nitrogens is 4. The smallest absolute Gasteiger partial charge is 0.341 e. The average Bonchev–Trinajstić information content (AvgIpc) is 3.12. The molecule has 8 heteroatoms. The number of H-pyrrole nitrogens is 1. The highest BCUT2D eigenvalue weighted by Gasteiger charge is 2.48. The van der Waals surface area contributed by atoms with Crippen molar-refractivity contribution in [2.45, 2.75) is 5.54 Å². The van der Waals surface area contributed by atoms with E-state index in [1.54, 1.807) is 18.3 Å². The van der Waals surface area contributed by atoms with Crippen LogP contribution < -0.4 is 5.32 Å². The van der Waals surface area contributed by atoms with E-state index < -0.39 is 11.5 Å². The Kier molecular flexibility index (Phi) is 3.35. The maximum atomic E-state index is 13.3. The van der Waals surface area contributed by atoms with E-state index in [0.29, 0.717) is 33.5 Å². The van der Waals surface area contributed by atoms with E-state index in [-0.39, 0.29) is 5.75 Å². The maximum Gasteiger partial charge on any atom is 0.341 e. The molecule has 0 aliphatic carbocycles. The normalized spacial score (nSPS) is 17.5. The van der Waals surface area contributed by atoms with Crippen LogP contribution in [0.25, 0.3) is 22.3 Å². The first-order chi connectivity index (χ1) is 13.6. The lowest BCUT2D eigenvalue weighted by molar-refractivity contribution is -0.144. The van der Waals surface area contributed by atoms with Crippen LogP contribution in [0.5, 0.6) is 5.75 Å². The zero-order valence-corrected chi connectivity index (χ0v) is 14.8. The number of para-hydroxylation sites is 1. The summed E-state index contributed by atoms with van der Waals surface area (Å²) < 4.78 is 5.23. The molecule has 4 aromatic rings. The molecule has 0 spiro atoms. The second-order valence-electron chi connectivity index (χ2n) is 6.52. The Morgan fingerprint density at radius 2 is 1.89 bits per heavy atom. The molecule has 1 aliphatic rings. The summed E-state index contributed by atoms with van der Waals surface area (Å²) in [6, 6.07) is 14.0. The van der Waals surface area contributed by atoms with Crippen LogP contribution in [0.15, 0.2) is 54.7 Å². The van der Waals surface area contributed by atoms with E-state index in [9.17, 15) is 9.90 Å². The molecule has 0 radical (unpaired) electrons. The van der Waals surface area contributed by atoms with Crippen molar-refractivity contribution in [2.24, 2.45) is 0 Å². The number of hydrogen-bond acceptors (Lipinski definition) is 7. The minimum Gasteiger partial charge on any atom is -0.508 e. The number of anilines is 1. The molecule has 3 heterocycles. The molecule has 8 nitrogen and oxygen atoms in total. The average molecular weight is 373 g/mol. The monoisotopic (exact) mass is 373 g/mol. The number of esters is 1. The van der Waals surface area contributed by atoms with E-state index >= 15 is 0 Å². The first-order valence-electron chi connectivity index (χ1n) is 8.61. The highest BCUT2D eigenvalue weighted by atomic mass is 16.5. The van der Waals surface area contributed by atoms with E-state index in [1.165, 1.54) is 19.2 Å². The third kappa shape index (κ3) is 2.05. The number of aromatic amines is 1. The largest absolute Gasteiger partial charge is 0.508 e. The van der Waals surface area contributed by atoms with Gasteiger partial charge in [0.15, 0.2) is 11.2 Å². The van der Waals surface area contributed by atoms with Crippen molar-refractivity contribution in [1.82, 2.24) is 20.4 Å². The fourth-order valence-corrected chi connectivity index (χ4v) is 3.82. The van der Waals surface area contributed by atoms with Crippen LogP contribution in [0.3, 0.4) is 0 Å². The SMILES string of the molecule is COC(=O)C1(c2ccc(O)cc2)Nc2ccccc2-c2nnnc3[nH]cc1c23. The lowest BCUT2D eigenvalue weighted by Crippen LogP contribution is -2.45. The van der Waals surface area contributed by atoms with Crippen molar-refractivity contribution < 1.29 is 14.6 Å². The van der Waals surface area contributed by atoms with Gasteiger partial charge in [0.2, 0.25) is 0 Å². The lowest BCUT2D eigenvalue weighted by Gasteiger charge is -2.32. The molecule has 28 heavy (non-hydrogen) atoms. The number of benzene rings is 2. The molecule has 1 aliphatic heterocycles. The summed E-state index contributed by atoms with van der Waals surface area (Å²) in [4.78, 5) is 16.3. The molecule has 3 N–H and O–H groups in total. The van der Waals surface area contributed by atoms with Crippen molar-refractivity contribution in [1.29, 1.82) is 0 Å². The predicted molar refractivity (Wildman–Crippen MR) is 102 cm³/mol. The molecule has 138 valence electrons. The summed E-state index contributed by atoms with van der Waals surface area (Å²) >= 11 is 0. The van der Waals surface area contributed by atoms with E-state index in [1.807, 2.05) is 24.3 Å². The Labute approximate surface area is 159 Å². The minimum absolute atomic E-state index is 0.102. The summed E-state index contributed by atoms with van der Waals surface area (Å²) in [7, 11) is 1.34. The highest BCUT2D eigenvalue weighted by molar-refractivity contribution is 6.05. The summed E-state index contributed by atoms with van der Waals surface area (Å²) in [5, 5.41) is 26.0. The Morgan fingerprint density at radius 3 is 2.68 bits per heavy atom. The molecule has 0 amide bonds. The van der Waals surface area contributed by atoms with Crippen molar-refractivity contribution in [2.75, 3.05) is 12.4 Å². The molecular weight excluding hydrogens is 358 g/mol. The van der Waals surface area contributed by atoms with Gasteiger partial charge in [0.05, 0.1) is 12.5 Å². The quantitative estimate of drug-likeness (QED) is 0.463. The van der Waals surface area contributed by atoms with Gasteiger partial charge in [-0.15, -0.1) is 10.2 Å². The maximum absolute atomic E-state index is 13.3. The number of hydrogen-bond donors (Lipinski definition) is 3. The summed E-state index contributed by atoms with van der Waals surface area (Å²) in [6.07, 6.45) is 1.72. The molecule has 1 atom stereocenters. The summed E-state index contributed by atoms with van der Waals surface area (Å²) in [6.45, 7) is 0. The summed E-state index contributed by atoms with van der Waals surface area (Å²) in [5.41, 5.74) is 2.50. The second kappa shape index (κ2) is 5.78. The first-order valence-corrected chi connectivity index (χ1v) is 8.61. The van der Waals surface area contributed by atoms with Crippen LogP contribution in [-0.2, 0) is 15.1 Å². The second-order valence-corrected chi connectivity index (χ2v) is 6.52. The van der Waals surface area contributed by atoms with Crippen LogP contribution in [0.1, 0.15) is 11.1 Å². The number of carbonyl (C=O) groups excluding carboxylic acids is 1. The van der Waals surface area contributed by atoms with Crippen LogP contribution in [0.2, 0.25) is 0 Å². The van der Waals surface area contributed by atoms with Gasteiger partial charge >= 0.3 is 5.97 Å². The molecule has 5 rings (SSSR count). The fourth-order valence-electron chi connectivity index (χ4n) is 3.82. The molecule has 2 aromatic carbocycles. The minimum atomic E-state index is -1.37. The Hall–Kier alpha value is -3.94. The number of phenols is 1. The van der Waals surface area contributed by atoms with Gasteiger partial charge in [-0.05, 0) is 29.0 Å². The third-order valence-corrected chi connectivity index (χ3v) is 5.09. The molecule has 2 aromatic heterocycles. The van der Waals surface area contributed by atoms with Crippen LogP contribution in [0.4, 0.5) is 5.69 Å². The van der Waals surface area contributed by atoms with Gasteiger partial charge in [-0.1, -0.05) is 30.3 Å².